The maximum absolute atomic E-state index is 12.1. The Morgan fingerprint density at radius 1 is 1.28 bits per heavy atom. The summed E-state index contributed by atoms with van der Waals surface area (Å²) in [6.07, 6.45) is 7.53. The lowest BCUT2D eigenvalue weighted by atomic mass is 9.84. The van der Waals surface area contributed by atoms with E-state index in [9.17, 15) is 4.79 Å². The minimum Gasteiger partial charge on any atom is -0.343 e. The topological polar surface area (TPSA) is 46.3 Å². The Hall–Kier alpha value is -0.570. The second-order valence-electron chi connectivity index (χ2n) is 6.58. The second-order valence-corrected chi connectivity index (χ2v) is 6.58. The Labute approximate surface area is 112 Å². The molecule has 3 heteroatoms. The highest BCUT2D eigenvalue weighted by atomic mass is 16.2. The Bertz CT molecular complexity index is 262. The van der Waals surface area contributed by atoms with Crippen LogP contribution in [0.3, 0.4) is 0 Å². The summed E-state index contributed by atoms with van der Waals surface area (Å²) in [4.78, 5) is 14.1. The van der Waals surface area contributed by atoms with E-state index in [1.807, 2.05) is 25.8 Å². The van der Waals surface area contributed by atoms with Gasteiger partial charge in [-0.1, -0.05) is 13.3 Å². The van der Waals surface area contributed by atoms with E-state index >= 15 is 0 Å². The van der Waals surface area contributed by atoms with Gasteiger partial charge in [0.2, 0.25) is 5.91 Å². The van der Waals surface area contributed by atoms with E-state index in [2.05, 4.69) is 6.92 Å². The molecule has 2 N–H and O–H groups in total. The zero-order valence-corrected chi connectivity index (χ0v) is 12.5. The van der Waals surface area contributed by atoms with E-state index in [4.69, 9.17) is 5.73 Å². The van der Waals surface area contributed by atoms with Crippen molar-refractivity contribution in [3.63, 3.8) is 0 Å². The van der Waals surface area contributed by atoms with Crippen LogP contribution in [-0.2, 0) is 4.79 Å². The number of nitrogens with zero attached hydrogens (tertiary/aromatic N) is 1. The highest BCUT2D eigenvalue weighted by molar-refractivity contribution is 5.76. The van der Waals surface area contributed by atoms with Gasteiger partial charge in [-0.25, -0.2) is 0 Å². The molecule has 0 bridgehead atoms. The van der Waals surface area contributed by atoms with Crippen molar-refractivity contribution in [1.82, 2.24) is 4.90 Å². The number of carbonyl (C=O) groups excluding carboxylic acids is 1. The number of rotatable bonds is 5. The van der Waals surface area contributed by atoms with E-state index in [1.54, 1.807) is 0 Å². The van der Waals surface area contributed by atoms with E-state index in [1.165, 1.54) is 32.1 Å². The van der Waals surface area contributed by atoms with E-state index < -0.39 is 0 Å². The number of nitrogens with two attached hydrogens (primary N) is 1. The quantitative estimate of drug-likeness (QED) is 0.820. The monoisotopic (exact) mass is 254 g/mol. The lowest BCUT2D eigenvalue weighted by Crippen LogP contribution is -2.41. The molecule has 1 fully saturated rings. The molecule has 106 valence electrons. The molecule has 0 spiro atoms. The number of hydrogen-bond donors (Lipinski definition) is 1. The molecule has 0 heterocycles. The average Bonchev–Trinajstić information content (AvgIpc) is 2.34. The fourth-order valence-corrected chi connectivity index (χ4v) is 2.75. The van der Waals surface area contributed by atoms with Gasteiger partial charge < -0.3 is 10.6 Å². The summed E-state index contributed by atoms with van der Waals surface area (Å²) in [5.41, 5.74) is 5.69. The van der Waals surface area contributed by atoms with Crippen molar-refractivity contribution < 1.29 is 4.79 Å². The average molecular weight is 254 g/mol. The molecule has 1 aliphatic rings. The first-order valence-corrected chi connectivity index (χ1v) is 7.38. The van der Waals surface area contributed by atoms with Crippen LogP contribution in [0.4, 0.5) is 0 Å². The lowest BCUT2D eigenvalue weighted by Gasteiger charge is -2.35. The minimum absolute atomic E-state index is 0.240. The fourth-order valence-electron chi connectivity index (χ4n) is 2.75. The molecule has 1 rings (SSSR count). The highest BCUT2D eigenvalue weighted by Gasteiger charge is 2.26. The van der Waals surface area contributed by atoms with Gasteiger partial charge in [-0.2, -0.15) is 0 Å². The maximum Gasteiger partial charge on any atom is 0.222 e. The van der Waals surface area contributed by atoms with E-state index in [0.29, 0.717) is 12.5 Å². The zero-order chi connectivity index (χ0) is 13.8. The Morgan fingerprint density at radius 2 is 1.83 bits per heavy atom. The summed E-state index contributed by atoms with van der Waals surface area (Å²) in [6, 6.07) is 0.459. The molecule has 0 aromatic heterocycles. The van der Waals surface area contributed by atoms with Crippen molar-refractivity contribution in [2.24, 2.45) is 11.7 Å². The normalized spacial score (nSPS) is 24.9. The van der Waals surface area contributed by atoms with Crippen molar-refractivity contribution >= 4 is 5.91 Å². The third kappa shape index (κ3) is 4.97. The summed E-state index contributed by atoms with van der Waals surface area (Å²) in [6.45, 7) is 6.22. The standard InChI is InChI=1S/C15H30N2O/c1-5-12-6-8-13(9-7-12)17(4)14(18)10-11-15(2,3)16/h12-13H,5-11,16H2,1-4H3. The van der Waals surface area contributed by atoms with Crippen molar-refractivity contribution in [2.45, 2.75) is 77.3 Å². The van der Waals surface area contributed by atoms with Gasteiger partial charge in [0.05, 0.1) is 0 Å². The lowest BCUT2D eigenvalue weighted by molar-refractivity contribution is -0.133. The molecule has 18 heavy (non-hydrogen) atoms. The van der Waals surface area contributed by atoms with Crippen LogP contribution in [0, 0.1) is 5.92 Å². The Kier molecular flexibility index (Phi) is 5.64. The third-order valence-corrected chi connectivity index (χ3v) is 4.32. The van der Waals surface area contributed by atoms with E-state index in [-0.39, 0.29) is 11.4 Å². The van der Waals surface area contributed by atoms with Crippen LogP contribution in [-0.4, -0.2) is 29.4 Å². The fraction of sp³-hybridized carbons (Fsp3) is 0.933. The molecule has 0 radical (unpaired) electrons. The molecule has 0 saturated heterocycles. The second kappa shape index (κ2) is 6.55. The molecule has 0 atom stereocenters. The molecular formula is C15H30N2O. The minimum atomic E-state index is -0.240. The molecular weight excluding hydrogens is 224 g/mol. The van der Waals surface area contributed by atoms with Crippen molar-refractivity contribution in [2.75, 3.05) is 7.05 Å². The van der Waals surface area contributed by atoms with Crippen LogP contribution >= 0.6 is 0 Å². The van der Waals surface area contributed by atoms with Gasteiger partial charge in [0.1, 0.15) is 0 Å². The number of carbonyl (C=O) groups is 1. The van der Waals surface area contributed by atoms with Gasteiger partial charge >= 0.3 is 0 Å². The molecule has 0 aliphatic heterocycles. The van der Waals surface area contributed by atoms with Crippen LogP contribution in [0.25, 0.3) is 0 Å². The largest absolute Gasteiger partial charge is 0.343 e. The van der Waals surface area contributed by atoms with Crippen LogP contribution in [0.2, 0.25) is 0 Å². The van der Waals surface area contributed by atoms with Crippen LogP contribution < -0.4 is 5.73 Å². The van der Waals surface area contributed by atoms with E-state index in [0.717, 1.165) is 12.3 Å². The molecule has 0 aromatic rings. The Balaban J connectivity index is 2.35. The maximum atomic E-state index is 12.1. The third-order valence-electron chi connectivity index (χ3n) is 4.32. The molecule has 0 unspecified atom stereocenters. The summed E-state index contributed by atoms with van der Waals surface area (Å²) < 4.78 is 0. The van der Waals surface area contributed by atoms with Crippen LogP contribution in [0.1, 0.15) is 65.7 Å². The smallest absolute Gasteiger partial charge is 0.222 e. The van der Waals surface area contributed by atoms with Gasteiger partial charge in [0, 0.05) is 25.0 Å². The first kappa shape index (κ1) is 15.5. The molecule has 1 amide bonds. The number of amides is 1. The first-order chi connectivity index (χ1) is 8.33. The van der Waals surface area contributed by atoms with Gasteiger partial charge in [-0.05, 0) is 51.9 Å². The Morgan fingerprint density at radius 3 is 2.28 bits per heavy atom. The van der Waals surface area contributed by atoms with Crippen LogP contribution in [0.5, 0.6) is 0 Å². The van der Waals surface area contributed by atoms with Crippen LogP contribution in [0.15, 0.2) is 0 Å². The molecule has 1 saturated carbocycles. The molecule has 3 nitrogen and oxygen atoms in total. The van der Waals surface area contributed by atoms with Crippen molar-refractivity contribution in [3.05, 3.63) is 0 Å². The summed E-state index contributed by atoms with van der Waals surface area (Å²) >= 11 is 0. The van der Waals surface area contributed by atoms with Gasteiger partial charge in [0.25, 0.3) is 0 Å². The summed E-state index contributed by atoms with van der Waals surface area (Å²) in [5.74, 6) is 1.14. The predicted molar refractivity (Wildman–Crippen MR) is 76.3 cm³/mol. The summed E-state index contributed by atoms with van der Waals surface area (Å²) in [5, 5.41) is 0. The van der Waals surface area contributed by atoms with Gasteiger partial charge in [-0.3, -0.25) is 4.79 Å². The number of hydrogen-bond acceptors (Lipinski definition) is 2. The van der Waals surface area contributed by atoms with Gasteiger partial charge in [0.15, 0.2) is 0 Å². The SMILES string of the molecule is CCC1CCC(N(C)C(=O)CCC(C)(C)N)CC1. The van der Waals surface area contributed by atoms with Crippen molar-refractivity contribution in [3.8, 4) is 0 Å². The zero-order valence-electron chi connectivity index (χ0n) is 12.5. The highest BCUT2D eigenvalue weighted by Crippen LogP contribution is 2.29. The molecule has 0 aromatic carbocycles. The molecule has 1 aliphatic carbocycles. The first-order valence-electron chi connectivity index (χ1n) is 7.38. The van der Waals surface area contributed by atoms with Crippen molar-refractivity contribution in [1.29, 1.82) is 0 Å². The predicted octanol–water partition coefficient (Wildman–Crippen LogP) is 2.93. The van der Waals surface area contributed by atoms with Gasteiger partial charge in [-0.15, -0.1) is 0 Å². The summed E-state index contributed by atoms with van der Waals surface area (Å²) in [7, 11) is 1.96.